The summed E-state index contributed by atoms with van der Waals surface area (Å²) in [6.07, 6.45) is 2.71. The summed E-state index contributed by atoms with van der Waals surface area (Å²) >= 11 is 0. The van der Waals surface area contributed by atoms with Gasteiger partial charge >= 0.3 is 5.97 Å². The highest BCUT2D eigenvalue weighted by Gasteiger charge is 2.07. The van der Waals surface area contributed by atoms with Crippen molar-refractivity contribution >= 4 is 5.97 Å². The molecule has 0 amide bonds. The number of hydrogen-bond donors (Lipinski definition) is 0. The lowest BCUT2D eigenvalue weighted by Crippen LogP contribution is -2.28. The minimum Gasteiger partial charge on any atom is -0.466 e. The lowest BCUT2D eigenvalue weighted by atomic mass is 10.1. The van der Waals surface area contributed by atoms with Crippen LogP contribution in [0, 0.1) is 0 Å². The summed E-state index contributed by atoms with van der Waals surface area (Å²) in [5.74, 6) is -0.0935. The number of ether oxygens (including phenoxy) is 1. The molecule has 1 rings (SSSR count). The first kappa shape index (κ1) is 15.7. The van der Waals surface area contributed by atoms with E-state index in [1.807, 2.05) is 13.0 Å². The Labute approximate surface area is 116 Å². The Morgan fingerprint density at radius 1 is 1.16 bits per heavy atom. The largest absolute Gasteiger partial charge is 0.466 e. The molecule has 0 radical (unpaired) electrons. The zero-order chi connectivity index (χ0) is 13.9. The van der Waals surface area contributed by atoms with Gasteiger partial charge in [-0.2, -0.15) is 0 Å². The molecular formula is C16H25NO2. The standard InChI is InChI=1S/C16H25NO2/c1-3-17(14-12-16(18)19-4-2)13-8-11-15-9-6-5-7-10-15/h5-7,9-10H,3-4,8,11-14H2,1-2H3. The van der Waals surface area contributed by atoms with Crippen molar-refractivity contribution in [1.29, 1.82) is 0 Å². The van der Waals surface area contributed by atoms with E-state index in [2.05, 4.69) is 36.1 Å². The highest BCUT2D eigenvalue weighted by Crippen LogP contribution is 2.04. The van der Waals surface area contributed by atoms with Crippen molar-refractivity contribution < 1.29 is 9.53 Å². The van der Waals surface area contributed by atoms with Crippen LogP contribution in [0.1, 0.15) is 32.3 Å². The molecule has 0 saturated heterocycles. The Morgan fingerprint density at radius 3 is 2.53 bits per heavy atom. The van der Waals surface area contributed by atoms with Crippen molar-refractivity contribution in [2.75, 3.05) is 26.2 Å². The maximum Gasteiger partial charge on any atom is 0.307 e. The second-order valence-electron chi connectivity index (χ2n) is 4.58. The van der Waals surface area contributed by atoms with Crippen LogP contribution in [0.5, 0.6) is 0 Å². The fraction of sp³-hybridized carbons (Fsp3) is 0.562. The third-order valence-corrected chi connectivity index (χ3v) is 3.17. The van der Waals surface area contributed by atoms with E-state index in [-0.39, 0.29) is 5.97 Å². The molecule has 0 atom stereocenters. The van der Waals surface area contributed by atoms with Gasteiger partial charge < -0.3 is 9.64 Å². The molecule has 0 saturated carbocycles. The van der Waals surface area contributed by atoms with Gasteiger partial charge in [0, 0.05) is 6.54 Å². The smallest absolute Gasteiger partial charge is 0.307 e. The van der Waals surface area contributed by atoms with Crippen LogP contribution < -0.4 is 0 Å². The van der Waals surface area contributed by atoms with E-state index in [0.717, 1.165) is 32.5 Å². The quantitative estimate of drug-likeness (QED) is 0.642. The first-order valence-electron chi connectivity index (χ1n) is 7.18. The van der Waals surface area contributed by atoms with Gasteiger partial charge in [0.2, 0.25) is 0 Å². The van der Waals surface area contributed by atoms with Crippen molar-refractivity contribution in [3.8, 4) is 0 Å². The van der Waals surface area contributed by atoms with Crippen LogP contribution >= 0.6 is 0 Å². The summed E-state index contributed by atoms with van der Waals surface area (Å²) in [4.78, 5) is 13.6. The van der Waals surface area contributed by atoms with Crippen molar-refractivity contribution in [2.45, 2.75) is 33.1 Å². The van der Waals surface area contributed by atoms with E-state index in [4.69, 9.17) is 4.74 Å². The molecule has 19 heavy (non-hydrogen) atoms. The maximum absolute atomic E-state index is 11.3. The van der Waals surface area contributed by atoms with Gasteiger partial charge in [0.25, 0.3) is 0 Å². The molecule has 0 fully saturated rings. The monoisotopic (exact) mass is 263 g/mol. The van der Waals surface area contributed by atoms with Gasteiger partial charge in [-0.3, -0.25) is 4.79 Å². The lowest BCUT2D eigenvalue weighted by Gasteiger charge is -2.19. The predicted octanol–water partition coefficient (Wildman–Crippen LogP) is 2.89. The second-order valence-corrected chi connectivity index (χ2v) is 4.58. The second kappa shape index (κ2) is 9.56. The molecule has 0 heterocycles. The Balaban J connectivity index is 2.19. The molecule has 0 unspecified atom stereocenters. The Morgan fingerprint density at radius 2 is 1.89 bits per heavy atom. The highest BCUT2D eigenvalue weighted by molar-refractivity contribution is 5.69. The van der Waals surface area contributed by atoms with Crippen molar-refractivity contribution in [1.82, 2.24) is 4.90 Å². The van der Waals surface area contributed by atoms with E-state index in [9.17, 15) is 4.79 Å². The zero-order valence-electron chi connectivity index (χ0n) is 12.1. The van der Waals surface area contributed by atoms with Gasteiger partial charge in [0.05, 0.1) is 13.0 Å². The SMILES string of the molecule is CCOC(=O)CCN(CC)CCCc1ccccc1. The Bertz CT molecular complexity index is 351. The van der Waals surface area contributed by atoms with E-state index in [1.54, 1.807) is 0 Å². The molecule has 0 bridgehead atoms. The van der Waals surface area contributed by atoms with Gasteiger partial charge in [-0.25, -0.2) is 0 Å². The van der Waals surface area contributed by atoms with Gasteiger partial charge in [-0.1, -0.05) is 37.3 Å². The van der Waals surface area contributed by atoms with Crippen molar-refractivity contribution in [3.63, 3.8) is 0 Å². The number of carbonyl (C=O) groups is 1. The molecule has 3 heteroatoms. The van der Waals surface area contributed by atoms with Crippen LogP contribution in [-0.4, -0.2) is 37.1 Å². The zero-order valence-corrected chi connectivity index (χ0v) is 12.1. The fourth-order valence-electron chi connectivity index (χ4n) is 2.06. The predicted molar refractivity (Wildman–Crippen MR) is 78.1 cm³/mol. The molecule has 0 aliphatic carbocycles. The third kappa shape index (κ3) is 6.97. The number of benzene rings is 1. The van der Waals surface area contributed by atoms with Gasteiger partial charge in [-0.15, -0.1) is 0 Å². The molecule has 0 aliphatic heterocycles. The normalized spacial score (nSPS) is 10.7. The topological polar surface area (TPSA) is 29.5 Å². The molecule has 0 spiro atoms. The maximum atomic E-state index is 11.3. The minimum absolute atomic E-state index is 0.0935. The van der Waals surface area contributed by atoms with Gasteiger partial charge in [0.15, 0.2) is 0 Å². The average Bonchev–Trinajstić information content (AvgIpc) is 2.44. The minimum atomic E-state index is -0.0935. The first-order chi connectivity index (χ1) is 9.26. The number of carbonyl (C=O) groups excluding carboxylic acids is 1. The summed E-state index contributed by atoms with van der Waals surface area (Å²) < 4.78 is 4.94. The summed E-state index contributed by atoms with van der Waals surface area (Å²) in [6, 6.07) is 10.5. The lowest BCUT2D eigenvalue weighted by molar-refractivity contribution is -0.143. The van der Waals surface area contributed by atoms with Gasteiger partial charge in [-0.05, 0) is 38.4 Å². The molecule has 0 N–H and O–H groups in total. The molecular weight excluding hydrogens is 238 g/mol. The number of hydrogen-bond acceptors (Lipinski definition) is 3. The van der Waals surface area contributed by atoms with Crippen LogP contribution in [-0.2, 0) is 16.0 Å². The average molecular weight is 263 g/mol. The molecule has 0 aliphatic rings. The molecule has 1 aromatic rings. The Kier molecular flexibility index (Phi) is 7.91. The number of rotatable bonds is 9. The third-order valence-electron chi connectivity index (χ3n) is 3.17. The molecule has 1 aromatic carbocycles. The van der Waals surface area contributed by atoms with E-state index >= 15 is 0 Å². The fourth-order valence-corrected chi connectivity index (χ4v) is 2.06. The van der Waals surface area contributed by atoms with Crippen LogP contribution in [0.25, 0.3) is 0 Å². The van der Waals surface area contributed by atoms with Crippen molar-refractivity contribution in [2.24, 2.45) is 0 Å². The summed E-state index contributed by atoms with van der Waals surface area (Å²) in [7, 11) is 0. The first-order valence-corrected chi connectivity index (χ1v) is 7.18. The van der Waals surface area contributed by atoms with Crippen LogP contribution in [0.4, 0.5) is 0 Å². The van der Waals surface area contributed by atoms with Gasteiger partial charge in [0.1, 0.15) is 0 Å². The summed E-state index contributed by atoms with van der Waals surface area (Å²) in [5, 5.41) is 0. The van der Waals surface area contributed by atoms with Crippen molar-refractivity contribution in [3.05, 3.63) is 35.9 Å². The van der Waals surface area contributed by atoms with E-state index in [0.29, 0.717) is 13.0 Å². The molecule has 106 valence electrons. The number of esters is 1. The van der Waals surface area contributed by atoms with Crippen LogP contribution in [0.3, 0.4) is 0 Å². The molecule has 0 aromatic heterocycles. The molecule has 3 nitrogen and oxygen atoms in total. The van der Waals surface area contributed by atoms with E-state index < -0.39 is 0 Å². The number of nitrogens with zero attached hydrogens (tertiary/aromatic N) is 1. The number of aryl methyl sites for hydroxylation is 1. The summed E-state index contributed by atoms with van der Waals surface area (Å²) in [6.45, 7) is 7.26. The Hall–Kier alpha value is -1.35. The van der Waals surface area contributed by atoms with Crippen LogP contribution in [0.15, 0.2) is 30.3 Å². The van der Waals surface area contributed by atoms with E-state index in [1.165, 1.54) is 5.56 Å². The summed E-state index contributed by atoms with van der Waals surface area (Å²) in [5.41, 5.74) is 1.38. The highest BCUT2D eigenvalue weighted by atomic mass is 16.5. The van der Waals surface area contributed by atoms with Crippen LogP contribution in [0.2, 0.25) is 0 Å².